The number of aldehydes is 1. The van der Waals surface area contributed by atoms with Crippen molar-refractivity contribution in [3.05, 3.63) is 71.6 Å². The highest BCUT2D eigenvalue weighted by Gasteiger charge is 2.05. The average Bonchev–Trinajstić information content (AvgIpc) is 3.04. The van der Waals surface area contributed by atoms with Crippen molar-refractivity contribution in [3.63, 3.8) is 0 Å². The Morgan fingerprint density at radius 2 is 1.52 bits per heavy atom. The molecule has 0 unspecified atom stereocenters. The Morgan fingerprint density at radius 3 is 2.14 bits per heavy atom. The fraction of sp³-hybridized carbons (Fsp3) is 0.0556. The predicted molar refractivity (Wildman–Crippen MR) is 89.6 cm³/mol. The molecule has 0 N–H and O–H groups in total. The van der Waals surface area contributed by atoms with Crippen molar-refractivity contribution in [2.75, 3.05) is 11.9 Å². The van der Waals surface area contributed by atoms with Crippen molar-refractivity contribution >= 4 is 29.0 Å². The molecule has 1 aromatic heterocycles. The van der Waals surface area contributed by atoms with E-state index in [-0.39, 0.29) is 0 Å². The lowest BCUT2D eigenvalue weighted by molar-refractivity contribution is 0.112. The predicted octanol–water partition coefficient (Wildman–Crippen LogP) is 5.00. The van der Waals surface area contributed by atoms with Crippen LogP contribution in [0.15, 0.2) is 66.7 Å². The van der Waals surface area contributed by atoms with E-state index in [1.165, 1.54) is 11.3 Å². The topological polar surface area (TPSA) is 20.3 Å². The second-order valence-corrected chi connectivity index (χ2v) is 5.88. The van der Waals surface area contributed by atoms with Gasteiger partial charge in [0, 0.05) is 23.3 Å². The molecule has 0 atom stereocenters. The summed E-state index contributed by atoms with van der Waals surface area (Å²) in [7, 11) is 2.06. The van der Waals surface area contributed by atoms with Crippen LogP contribution in [0.4, 0.5) is 11.4 Å². The summed E-state index contributed by atoms with van der Waals surface area (Å²) in [6.45, 7) is 0. The zero-order valence-corrected chi connectivity index (χ0v) is 12.5. The fourth-order valence-electron chi connectivity index (χ4n) is 2.22. The number of anilines is 2. The fourth-order valence-corrected chi connectivity index (χ4v) is 3.05. The van der Waals surface area contributed by atoms with E-state index in [0.29, 0.717) is 0 Å². The molecule has 0 fully saturated rings. The lowest BCUT2D eigenvalue weighted by Gasteiger charge is -2.19. The number of carbonyl (C=O) groups excluding carboxylic acids is 1. The van der Waals surface area contributed by atoms with E-state index in [4.69, 9.17) is 0 Å². The number of benzene rings is 2. The summed E-state index contributed by atoms with van der Waals surface area (Å²) < 4.78 is 0. The van der Waals surface area contributed by atoms with Gasteiger partial charge < -0.3 is 4.90 Å². The highest BCUT2D eigenvalue weighted by Crippen LogP contribution is 2.30. The Bertz CT molecular complexity index is 731. The molecule has 2 nitrogen and oxygen atoms in total. The van der Waals surface area contributed by atoms with Crippen LogP contribution in [0.25, 0.3) is 10.4 Å². The molecular weight excluding hydrogens is 278 g/mol. The SMILES string of the molecule is CN(c1ccccc1)c1ccc(-c2ccc(C=O)s2)cc1. The summed E-state index contributed by atoms with van der Waals surface area (Å²) in [5.41, 5.74) is 3.43. The molecule has 21 heavy (non-hydrogen) atoms. The first-order chi connectivity index (χ1) is 10.3. The molecule has 3 heteroatoms. The number of para-hydroxylation sites is 1. The van der Waals surface area contributed by atoms with E-state index in [2.05, 4.69) is 48.3 Å². The molecule has 0 saturated heterocycles. The van der Waals surface area contributed by atoms with Crippen molar-refractivity contribution in [3.8, 4) is 10.4 Å². The van der Waals surface area contributed by atoms with Crippen molar-refractivity contribution in [1.29, 1.82) is 0 Å². The molecular formula is C18H15NOS. The molecule has 0 bridgehead atoms. The molecule has 104 valence electrons. The normalized spacial score (nSPS) is 10.3. The van der Waals surface area contributed by atoms with E-state index in [1.54, 1.807) is 0 Å². The van der Waals surface area contributed by atoms with Crippen LogP contribution >= 0.6 is 11.3 Å². The Hall–Kier alpha value is -2.39. The van der Waals surface area contributed by atoms with Gasteiger partial charge in [0.05, 0.1) is 4.88 Å². The molecule has 0 radical (unpaired) electrons. The number of hydrogen-bond donors (Lipinski definition) is 0. The summed E-state index contributed by atoms with van der Waals surface area (Å²) in [6, 6.07) is 22.5. The van der Waals surface area contributed by atoms with Gasteiger partial charge in [-0.25, -0.2) is 0 Å². The Kier molecular flexibility index (Phi) is 3.84. The van der Waals surface area contributed by atoms with E-state index < -0.39 is 0 Å². The first-order valence-corrected chi connectivity index (χ1v) is 7.54. The molecule has 3 aromatic rings. The van der Waals surface area contributed by atoms with Gasteiger partial charge in [-0.2, -0.15) is 0 Å². The van der Waals surface area contributed by atoms with Gasteiger partial charge in [0.2, 0.25) is 0 Å². The zero-order chi connectivity index (χ0) is 14.7. The number of carbonyl (C=O) groups is 1. The van der Waals surface area contributed by atoms with Crippen LogP contribution in [0.1, 0.15) is 9.67 Å². The minimum absolute atomic E-state index is 0.760. The van der Waals surface area contributed by atoms with Gasteiger partial charge in [-0.1, -0.05) is 30.3 Å². The Balaban J connectivity index is 1.85. The van der Waals surface area contributed by atoms with Crippen LogP contribution in [0.3, 0.4) is 0 Å². The van der Waals surface area contributed by atoms with Crippen LogP contribution in [0, 0.1) is 0 Å². The minimum Gasteiger partial charge on any atom is -0.345 e. The Labute approximate surface area is 128 Å². The molecule has 3 rings (SSSR count). The quantitative estimate of drug-likeness (QED) is 0.631. The molecule has 2 aromatic carbocycles. The highest BCUT2D eigenvalue weighted by atomic mass is 32.1. The number of nitrogens with zero attached hydrogens (tertiary/aromatic N) is 1. The first kappa shape index (κ1) is 13.6. The number of rotatable bonds is 4. The summed E-state index contributed by atoms with van der Waals surface area (Å²) in [5, 5.41) is 0. The van der Waals surface area contributed by atoms with Crippen LogP contribution in [0.5, 0.6) is 0 Å². The van der Waals surface area contributed by atoms with Gasteiger partial charge in [-0.05, 0) is 42.0 Å². The largest absolute Gasteiger partial charge is 0.345 e. The molecule has 0 saturated carbocycles. The van der Waals surface area contributed by atoms with Crippen LogP contribution in [-0.2, 0) is 0 Å². The summed E-state index contributed by atoms with van der Waals surface area (Å²) in [5.74, 6) is 0. The first-order valence-electron chi connectivity index (χ1n) is 6.72. The second-order valence-electron chi connectivity index (χ2n) is 4.76. The van der Waals surface area contributed by atoms with Gasteiger partial charge >= 0.3 is 0 Å². The second kappa shape index (κ2) is 5.94. The lowest BCUT2D eigenvalue weighted by Crippen LogP contribution is -2.08. The van der Waals surface area contributed by atoms with Crippen molar-refractivity contribution in [2.24, 2.45) is 0 Å². The third-order valence-corrected chi connectivity index (χ3v) is 4.49. The van der Waals surface area contributed by atoms with E-state index in [0.717, 1.165) is 33.0 Å². The van der Waals surface area contributed by atoms with Crippen molar-refractivity contribution in [2.45, 2.75) is 0 Å². The molecule has 1 heterocycles. The monoisotopic (exact) mass is 293 g/mol. The van der Waals surface area contributed by atoms with Crippen LogP contribution < -0.4 is 4.90 Å². The third-order valence-electron chi connectivity index (χ3n) is 3.43. The lowest BCUT2D eigenvalue weighted by atomic mass is 10.1. The van der Waals surface area contributed by atoms with Crippen LogP contribution in [0.2, 0.25) is 0 Å². The van der Waals surface area contributed by atoms with Crippen molar-refractivity contribution < 1.29 is 4.79 Å². The summed E-state index contributed by atoms with van der Waals surface area (Å²) in [6.07, 6.45) is 0.895. The maximum absolute atomic E-state index is 10.8. The van der Waals surface area contributed by atoms with Crippen LogP contribution in [-0.4, -0.2) is 13.3 Å². The average molecular weight is 293 g/mol. The minimum atomic E-state index is 0.760. The third kappa shape index (κ3) is 2.88. The molecule has 0 aliphatic heterocycles. The smallest absolute Gasteiger partial charge is 0.160 e. The highest BCUT2D eigenvalue weighted by molar-refractivity contribution is 7.17. The van der Waals surface area contributed by atoms with Gasteiger partial charge in [0.15, 0.2) is 6.29 Å². The zero-order valence-electron chi connectivity index (χ0n) is 11.7. The maximum atomic E-state index is 10.8. The van der Waals surface area contributed by atoms with E-state index in [1.807, 2.05) is 30.3 Å². The molecule has 0 spiro atoms. The number of thiophene rings is 1. The van der Waals surface area contributed by atoms with E-state index in [9.17, 15) is 4.79 Å². The summed E-state index contributed by atoms with van der Waals surface area (Å²) >= 11 is 1.51. The number of hydrogen-bond acceptors (Lipinski definition) is 3. The van der Waals surface area contributed by atoms with Crippen molar-refractivity contribution in [1.82, 2.24) is 0 Å². The molecule has 0 aliphatic rings. The summed E-state index contributed by atoms with van der Waals surface area (Å²) in [4.78, 5) is 14.8. The van der Waals surface area contributed by atoms with Gasteiger partial charge in [0.25, 0.3) is 0 Å². The van der Waals surface area contributed by atoms with Gasteiger partial charge in [-0.15, -0.1) is 11.3 Å². The van der Waals surface area contributed by atoms with Gasteiger partial charge in [-0.3, -0.25) is 4.79 Å². The van der Waals surface area contributed by atoms with E-state index >= 15 is 0 Å². The standard InChI is InChI=1S/C18H15NOS/c1-19(15-5-3-2-4-6-15)16-9-7-14(8-10-16)18-12-11-17(13-20)21-18/h2-13H,1H3. The molecule has 0 amide bonds. The Morgan fingerprint density at radius 1 is 0.857 bits per heavy atom. The maximum Gasteiger partial charge on any atom is 0.160 e. The van der Waals surface area contributed by atoms with Gasteiger partial charge in [0.1, 0.15) is 0 Å². The molecule has 0 aliphatic carbocycles.